The Labute approximate surface area is 94.5 Å². The predicted molar refractivity (Wildman–Crippen MR) is 52.5 cm³/mol. The highest BCUT2D eigenvalue weighted by molar-refractivity contribution is 5.87. The Morgan fingerprint density at radius 3 is 2.53 bits per heavy atom. The molecular weight excluding hydrogens is 240 g/mol. The van der Waals surface area contributed by atoms with Crippen molar-refractivity contribution in [3.63, 3.8) is 0 Å². The first kappa shape index (κ1) is 13.2. The Kier molecular flexibility index (Phi) is 3.88. The molecular formula is C11H8F4O2. The van der Waals surface area contributed by atoms with Crippen LogP contribution in [-0.4, -0.2) is 13.1 Å². The molecule has 0 aromatic heterocycles. The third kappa shape index (κ3) is 3.58. The molecule has 0 spiro atoms. The summed E-state index contributed by atoms with van der Waals surface area (Å²) in [4.78, 5) is 10.7. The van der Waals surface area contributed by atoms with Crippen molar-refractivity contribution in [3.8, 4) is 0 Å². The Balaban J connectivity index is 3.17. The Morgan fingerprint density at radius 2 is 2.00 bits per heavy atom. The van der Waals surface area contributed by atoms with Crippen LogP contribution in [0.1, 0.15) is 11.1 Å². The zero-order chi connectivity index (χ0) is 13.1. The number of carbonyl (C=O) groups excluding carboxylic acids is 1. The lowest BCUT2D eigenvalue weighted by molar-refractivity contribution is -0.138. The number of hydrogen-bond donors (Lipinski definition) is 0. The van der Waals surface area contributed by atoms with Crippen molar-refractivity contribution < 1.29 is 27.1 Å². The fourth-order valence-electron chi connectivity index (χ4n) is 1.16. The zero-order valence-corrected chi connectivity index (χ0v) is 8.72. The molecule has 0 heterocycles. The average Bonchev–Trinajstić information content (AvgIpc) is 2.24. The van der Waals surface area contributed by atoms with Crippen LogP contribution in [0.2, 0.25) is 0 Å². The highest BCUT2D eigenvalue weighted by Crippen LogP contribution is 2.32. The second-order valence-corrected chi connectivity index (χ2v) is 3.09. The summed E-state index contributed by atoms with van der Waals surface area (Å²) in [6, 6.07) is 2.02. The van der Waals surface area contributed by atoms with Crippen molar-refractivity contribution in [2.24, 2.45) is 0 Å². The standard InChI is InChI=1S/C11H8F4O2/c1-17-10(16)5-2-7-6-8(12)3-4-9(7)11(13,14)15/h2-6H,1H3. The Morgan fingerprint density at radius 1 is 1.35 bits per heavy atom. The van der Waals surface area contributed by atoms with Gasteiger partial charge in [-0.1, -0.05) is 0 Å². The van der Waals surface area contributed by atoms with E-state index in [1.54, 1.807) is 0 Å². The molecule has 0 N–H and O–H groups in total. The molecule has 0 aliphatic heterocycles. The zero-order valence-electron chi connectivity index (χ0n) is 8.72. The summed E-state index contributed by atoms with van der Waals surface area (Å²) in [5.41, 5.74) is -1.44. The van der Waals surface area contributed by atoms with Crippen LogP contribution in [0.3, 0.4) is 0 Å². The number of hydrogen-bond acceptors (Lipinski definition) is 2. The van der Waals surface area contributed by atoms with E-state index >= 15 is 0 Å². The molecule has 0 saturated carbocycles. The smallest absolute Gasteiger partial charge is 0.416 e. The summed E-state index contributed by atoms with van der Waals surface area (Å²) in [6.07, 6.45) is -2.95. The van der Waals surface area contributed by atoms with Gasteiger partial charge in [0.05, 0.1) is 12.7 Å². The molecule has 0 radical (unpaired) electrons. The number of alkyl halides is 3. The fraction of sp³-hybridized carbons (Fsp3) is 0.182. The minimum Gasteiger partial charge on any atom is -0.466 e. The molecule has 0 aliphatic carbocycles. The lowest BCUT2D eigenvalue weighted by Crippen LogP contribution is -2.07. The van der Waals surface area contributed by atoms with E-state index in [-0.39, 0.29) is 0 Å². The van der Waals surface area contributed by atoms with Crippen molar-refractivity contribution in [2.45, 2.75) is 6.18 Å². The number of halogens is 4. The van der Waals surface area contributed by atoms with Gasteiger partial charge in [0, 0.05) is 6.08 Å². The maximum Gasteiger partial charge on any atom is 0.416 e. The van der Waals surface area contributed by atoms with E-state index in [4.69, 9.17) is 0 Å². The fourth-order valence-corrected chi connectivity index (χ4v) is 1.16. The molecule has 0 amide bonds. The maximum absolute atomic E-state index is 12.8. The second-order valence-electron chi connectivity index (χ2n) is 3.09. The van der Waals surface area contributed by atoms with E-state index in [2.05, 4.69) is 4.74 Å². The molecule has 1 aromatic carbocycles. The first-order valence-electron chi connectivity index (χ1n) is 4.47. The minimum absolute atomic E-state index is 0.428. The van der Waals surface area contributed by atoms with Crippen LogP contribution in [0, 0.1) is 5.82 Å². The van der Waals surface area contributed by atoms with Gasteiger partial charge in [-0.15, -0.1) is 0 Å². The third-order valence-electron chi connectivity index (χ3n) is 1.92. The number of methoxy groups -OCH3 is 1. The number of ether oxygens (including phenoxy) is 1. The van der Waals surface area contributed by atoms with Crippen LogP contribution in [0.4, 0.5) is 17.6 Å². The average molecular weight is 248 g/mol. The molecule has 0 atom stereocenters. The van der Waals surface area contributed by atoms with Crippen molar-refractivity contribution in [1.82, 2.24) is 0 Å². The van der Waals surface area contributed by atoms with Gasteiger partial charge in [0.1, 0.15) is 5.82 Å². The van der Waals surface area contributed by atoms with Gasteiger partial charge < -0.3 is 4.74 Å². The van der Waals surface area contributed by atoms with Crippen LogP contribution in [0.15, 0.2) is 24.3 Å². The quantitative estimate of drug-likeness (QED) is 0.457. The molecule has 1 aromatic rings. The van der Waals surface area contributed by atoms with Crippen LogP contribution >= 0.6 is 0 Å². The van der Waals surface area contributed by atoms with Gasteiger partial charge in [0.25, 0.3) is 0 Å². The van der Waals surface area contributed by atoms with Gasteiger partial charge in [-0.2, -0.15) is 13.2 Å². The molecule has 0 fully saturated rings. The van der Waals surface area contributed by atoms with Gasteiger partial charge in [0.2, 0.25) is 0 Å². The first-order chi connectivity index (χ1) is 7.84. The van der Waals surface area contributed by atoms with E-state index in [1.807, 2.05) is 0 Å². The summed E-state index contributed by atoms with van der Waals surface area (Å²) in [5.74, 6) is -1.63. The van der Waals surface area contributed by atoms with E-state index in [1.165, 1.54) is 0 Å². The van der Waals surface area contributed by atoms with Gasteiger partial charge in [-0.25, -0.2) is 9.18 Å². The van der Waals surface area contributed by atoms with Gasteiger partial charge >= 0.3 is 12.1 Å². The number of rotatable bonds is 2. The highest BCUT2D eigenvalue weighted by atomic mass is 19.4. The molecule has 1 rings (SSSR count). The lowest BCUT2D eigenvalue weighted by atomic mass is 10.1. The summed E-state index contributed by atoms with van der Waals surface area (Å²) >= 11 is 0. The lowest BCUT2D eigenvalue weighted by Gasteiger charge is -2.09. The largest absolute Gasteiger partial charge is 0.466 e. The van der Waals surface area contributed by atoms with Crippen molar-refractivity contribution in [3.05, 3.63) is 41.2 Å². The number of benzene rings is 1. The Bertz CT molecular complexity index is 449. The summed E-state index contributed by atoms with van der Waals surface area (Å²) in [5, 5.41) is 0. The summed E-state index contributed by atoms with van der Waals surface area (Å²) in [6.45, 7) is 0. The van der Waals surface area contributed by atoms with Gasteiger partial charge in [-0.3, -0.25) is 0 Å². The monoisotopic (exact) mass is 248 g/mol. The van der Waals surface area contributed by atoms with E-state index in [0.717, 1.165) is 19.3 Å². The van der Waals surface area contributed by atoms with Gasteiger partial charge in [0.15, 0.2) is 0 Å². The second kappa shape index (κ2) is 4.99. The van der Waals surface area contributed by atoms with Crippen LogP contribution < -0.4 is 0 Å². The third-order valence-corrected chi connectivity index (χ3v) is 1.92. The molecule has 92 valence electrons. The number of carbonyl (C=O) groups is 1. The molecule has 0 aliphatic rings. The predicted octanol–water partition coefficient (Wildman–Crippen LogP) is 3.03. The molecule has 6 heteroatoms. The molecule has 0 bridgehead atoms. The normalized spacial score (nSPS) is 11.8. The van der Waals surface area contributed by atoms with Gasteiger partial charge in [-0.05, 0) is 29.8 Å². The van der Waals surface area contributed by atoms with Crippen molar-refractivity contribution in [2.75, 3.05) is 7.11 Å². The van der Waals surface area contributed by atoms with Crippen LogP contribution in [0.5, 0.6) is 0 Å². The van der Waals surface area contributed by atoms with E-state index in [9.17, 15) is 22.4 Å². The first-order valence-corrected chi connectivity index (χ1v) is 4.47. The molecule has 0 unspecified atom stereocenters. The van der Waals surface area contributed by atoms with Crippen LogP contribution in [0.25, 0.3) is 6.08 Å². The summed E-state index contributed by atoms with van der Waals surface area (Å²) in [7, 11) is 1.09. The van der Waals surface area contributed by atoms with E-state index in [0.29, 0.717) is 18.2 Å². The van der Waals surface area contributed by atoms with E-state index < -0.39 is 29.1 Å². The minimum atomic E-state index is -4.61. The van der Waals surface area contributed by atoms with Crippen LogP contribution in [-0.2, 0) is 15.7 Å². The Hall–Kier alpha value is -1.85. The van der Waals surface area contributed by atoms with Crippen molar-refractivity contribution in [1.29, 1.82) is 0 Å². The topological polar surface area (TPSA) is 26.3 Å². The van der Waals surface area contributed by atoms with Crippen molar-refractivity contribution >= 4 is 12.0 Å². The number of esters is 1. The highest BCUT2D eigenvalue weighted by Gasteiger charge is 2.32. The molecule has 17 heavy (non-hydrogen) atoms. The summed E-state index contributed by atoms with van der Waals surface area (Å²) < 4.78 is 54.6. The molecule has 2 nitrogen and oxygen atoms in total. The SMILES string of the molecule is COC(=O)C=Cc1cc(F)ccc1C(F)(F)F. The maximum atomic E-state index is 12.8. The molecule has 0 saturated heterocycles.